The monoisotopic (exact) mass is 259 g/mol. The molecule has 1 rings (SSSR count). The summed E-state index contributed by atoms with van der Waals surface area (Å²) in [5.41, 5.74) is 0.237. The molecule has 0 aliphatic carbocycles. The van der Waals surface area contributed by atoms with E-state index < -0.39 is 12.0 Å². The van der Waals surface area contributed by atoms with Gasteiger partial charge in [-0.15, -0.1) is 0 Å². The normalized spacial score (nSPS) is 12.4. The Morgan fingerprint density at radius 1 is 1.59 bits per heavy atom. The first-order valence-electron chi connectivity index (χ1n) is 4.99. The van der Waals surface area contributed by atoms with Crippen molar-refractivity contribution in [3.8, 4) is 5.75 Å². The number of phenols is 1. The summed E-state index contributed by atoms with van der Waals surface area (Å²) in [4.78, 5) is 11.1. The molecule has 1 unspecified atom stereocenters. The van der Waals surface area contributed by atoms with E-state index in [9.17, 15) is 9.90 Å². The molecule has 6 heteroatoms. The van der Waals surface area contributed by atoms with Crippen LogP contribution in [0.5, 0.6) is 5.75 Å². The van der Waals surface area contributed by atoms with Gasteiger partial charge in [0.2, 0.25) is 0 Å². The van der Waals surface area contributed by atoms with Gasteiger partial charge in [-0.1, -0.05) is 11.6 Å². The number of ether oxygens (including phenoxy) is 1. The van der Waals surface area contributed by atoms with Gasteiger partial charge in [0.15, 0.2) is 0 Å². The van der Waals surface area contributed by atoms with Crippen molar-refractivity contribution in [1.82, 2.24) is 5.32 Å². The van der Waals surface area contributed by atoms with Crippen molar-refractivity contribution in [1.29, 1.82) is 0 Å². The first-order valence-corrected chi connectivity index (χ1v) is 5.37. The highest BCUT2D eigenvalue weighted by molar-refractivity contribution is 6.30. The highest BCUT2D eigenvalue weighted by Crippen LogP contribution is 2.27. The molecule has 0 bridgehead atoms. The minimum Gasteiger partial charge on any atom is -0.508 e. The zero-order chi connectivity index (χ0) is 12.8. The van der Waals surface area contributed by atoms with Gasteiger partial charge in [0.25, 0.3) is 0 Å². The van der Waals surface area contributed by atoms with Gasteiger partial charge in [0, 0.05) is 24.2 Å². The molecule has 5 nitrogen and oxygen atoms in total. The maximum atomic E-state index is 11.1. The number of carboxylic acid groups (broad SMARTS) is 1. The summed E-state index contributed by atoms with van der Waals surface area (Å²) < 4.78 is 4.82. The second-order valence-electron chi connectivity index (χ2n) is 3.42. The van der Waals surface area contributed by atoms with Crippen LogP contribution in [0.2, 0.25) is 5.02 Å². The predicted octanol–water partition coefficient (Wildman–Crippen LogP) is 1.41. The lowest BCUT2D eigenvalue weighted by Crippen LogP contribution is -2.31. The Morgan fingerprint density at radius 3 is 2.88 bits per heavy atom. The Balaban J connectivity index is 2.89. The van der Waals surface area contributed by atoms with Crippen LogP contribution in [0.1, 0.15) is 11.6 Å². The van der Waals surface area contributed by atoms with Gasteiger partial charge in [-0.05, 0) is 18.2 Å². The molecule has 0 saturated carbocycles. The molecule has 0 fully saturated rings. The average Bonchev–Trinajstić information content (AvgIpc) is 2.28. The van der Waals surface area contributed by atoms with Gasteiger partial charge in [0.05, 0.1) is 6.61 Å². The summed E-state index contributed by atoms with van der Waals surface area (Å²) in [7, 11) is 1.52. The number of carboxylic acids is 1. The lowest BCUT2D eigenvalue weighted by molar-refractivity contribution is -0.139. The number of methoxy groups -OCH3 is 1. The molecule has 1 atom stereocenters. The number of nitrogens with one attached hydrogen (secondary N) is 1. The van der Waals surface area contributed by atoms with Crippen molar-refractivity contribution in [2.24, 2.45) is 0 Å². The van der Waals surface area contributed by atoms with Gasteiger partial charge < -0.3 is 14.9 Å². The van der Waals surface area contributed by atoms with Crippen LogP contribution in [0.3, 0.4) is 0 Å². The van der Waals surface area contributed by atoms with E-state index in [2.05, 4.69) is 5.32 Å². The minimum atomic E-state index is -1.08. The molecule has 0 saturated heterocycles. The van der Waals surface area contributed by atoms with Gasteiger partial charge >= 0.3 is 5.97 Å². The fourth-order valence-corrected chi connectivity index (χ4v) is 1.57. The molecular weight excluding hydrogens is 246 g/mol. The van der Waals surface area contributed by atoms with Crippen LogP contribution >= 0.6 is 11.6 Å². The van der Waals surface area contributed by atoms with E-state index in [-0.39, 0.29) is 11.3 Å². The second kappa shape index (κ2) is 6.44. The van der Waals surface area contributed by atoms with E-state index in [0.717, 1.165) is 0 Å². The standard InChI is InChI=1S/C11H14ClNO4/c1-17-5-4-13-10(11(15)16)8-6-7(12)2-3-9(8)14/h2-3,6,10,13-14H,4-5H2,1H3,(H,15,16). The van der Waals surface area contributed by atoms with E-state index >= 15 is 0 Å². The quantitative estimate of drug-likeness (QED) is 0.673. The number of phenolic OH excluding ortho intramolecular Hbond substituents is 1. The largest absolute Gasteiger partial charge is 0.508 e. The van der Waals surface area contributed by atoms with E-state index in [0.29, 0.717) is 18.2 Å². The van der Waals surface area contributed by atoms with Crippen molar-refractivity contribution < 1.29 is 19.7 Å². The third kappa shape index (κ3) is 3.89. The van der Waals surface area contributed by atoms with Gasteiger partial charge in [0.1, 0.15) is 11.8 Å². The van der Waals surface area contributed by atoms with Crippen LogP contribution in [0, 0.1) is 0 Å². The van der Waals surface area contributed by atoms with Crippen LogP contribution in [-0.2, 0) is 9.53 Å². The number of carbonyl (C=O) groups is 1. The lowest BCUT2D eigenvalue weighted by atomic mass is 10.1. The molecule has 0 aliphatic rings. The maximum Gasteiger partial charge on any atom is 0.325 e. The van der Waals surface area contributed by atoms with Crippen molar-refractivity contribution >= 4 is 17.6 Å². The number of benzene rings is 1. The van der Waals surface area contributed by atoms with Gasteiger partial charge in [-0.3, -0.25) is 10.1 Å². The van der Waals surface area contributed by atoms with Crippen LogP contribution in [0.15, 0.2) is 18.2 Å². The predicted molar refractivity (Wildman–Crippen MR) is 63.4 cm³/mol. The SMILES string of the molecule is COCCNC(C(=O)O)c1cc(Cl)ccc1O. The molecule has 0 aliphatic heterocycles. The molecule has 0 spiro atoms. The first-order chi connectivity index (χ1) is 8.06. The van der Waals surface area contributed by atoms with Crippen molar-refractivity contribution in [3.63, 3.8) is 0 Å². The molecule has 17 heavy (non-hydrogen) atoms. The molecule has 0 radical (unpaired) electrons. The zero-order valence-corrected chi connectivity index (χ0v) is 10.1. The Morgan fingerprint density at radius 2 is 2.29 bits per heavy atom. The number of halogens is 1. The molecule has 1 aromatic rings. The van der Waals surface area contributed by atoms with E-state index in [1.54, 1.807) is 0 Å². The van der Waals surface area contributed by atoms with Gasteiger partial charge in [-0.2, -0.15) is 0 Å². The minimum absolute atomic E-state index is 0.105. The molecule has 94 valence electrons. The summed E-state index contributed by atoms with van der Waals surface area (Å²) in [5.74, 6) is -1.19. The summed E-state index contributed by atoms with van der Waals surface area (Å²) in [6.45, 7) is 0.741. The third-order valence-corrected chi connectivity index (χ3v) is 2.44. The number of hydrogen-bond acceptors (Lipinski definition) is 4. The van der Waals surface area contributed by atoms with Crippen LogP contribution in [0.4, 0.5) is 0 Å². The Hall–Kier alpha value is -1.30. The van der Waals surface area contributed by atoms with Crippen molar-refractivity contribution in [3.05, 3.63) is 28.8 Å². The number of hydrogen-bond donors (Lipinski definition) is 3. The molecule has 0 amide bonds. The molecule has 0 heterocycles. The van der Waals surface area contributed by atoms with Crippen molar-refractivity contribution in [2.45, 2.75) is 6.04 Å². The van der Waals surface area contributed by atoms with E-state index in [1.165, 1.54) is 25.3 Å². The number of aromatic hydroxyl groups is 1. The fraction of sp³-hybridized carbons (Fsp3) is 0.364. The van der Waals surface area contributed by atoms with E-state index in [1.807, 2.05) is 0 Å². The fourth-order valence-electron chi connectivity index (χ4n) is 1.39. The highest BCUT2D eigenvalue weighted by Gasteiger charge is 2.22. The lowest BCUT2D eigenvalue weighted by Gasteiger charge is -2.16. The summed E-state index contributed by atoms with van der Waals surface area (Å²) >= 11 is 5.77. The van der Waals surface area contributed by atoms with Crippen LogP contribution in [-0.4, -0.2) is 36.4 Å². The van der Waals surface area contributed by atoms with Crippen molar-refractivity contribution in [2.75, 3.05) is 20.3 Å². The van der Waals surface area contributed by atoms with Crippen LogP contribution in [0.25, 0.3) is 0 Å². The zero-order valence-electron chi connectivity index (χ0n) is 9.31. The third-order valence-electron chi connectivity index (χ3n) is 2.20. The van der Waals surface area contributed by atoms with Gasteiger partial charge in [-0.25, -0.2) is 0 Å². The topological polar surface area (TPSA) is 78.8 Å². The number of aliphatic carboxylic acids is 1. The summed E-state index contributed by atoms with van der Waals surface area (Å²) in [6, 6.07) is 3.28. The first kappa shape index (κ1) is 13.8. The molecule has 1 aromatic carbocycles. The van der Waals surface area contributed by atoms with E-state index in [4.69, 9.17) is 21.4 Å². The Bertz CT molecular complexity index is 397. The number of rotatable bonds is 6. The Kier molecular flexibility index (Phi) is 5.21. The summed E-state index contributed by atoms with van der Waals surface area (Å²) in [5, 5.41) is 21.8. The maximum absolute atomic E-state index is 11.1. The molecule has 0 aromatic heterocycles. The Labute approximate surface area is 104 Å². The second-order valence-corrected chi connectivity index (χ2v) is 3.86. The smallest absolute Gasteiger partial charge is 0.325 e. The summed E-state index contributed by atoms with van der Waals surface area (Å²) in [6.07, 6.45) is 0. The highest BCUT2D eigenvalue weighted by atomic mass is 35.5. The van der Waals surface area contributed by atoms with Crippen LogP contribution < -0.4 is 5.32 Å². The molecule has 3 N–H and O–H groups in total. The average molecular weight is 260 g/mol. The molecular formula is C11H14ClNO4.